The van der Waals surface area contributed by atoms with Crippen molar-refractivity contribution in [1.82, 2.24) is 9.71 Å². The zero-order chi connectivity index (χ0) is 22.9. The van der Waals surface area contributed by atoms with E-state index in [9.17, 15) is 18.3 Å². The van der Waals surface area contributed by atoms with Crippen molar-refractivity contribution in [2.75, 3.05) is 5.32 Å². The van der Waals surface area contributed by atoms with Crippen LogP contribution in [0.4, 0.5) is 5.13 Å². The molecule has 1 heterocycles. The van der Waals surface area contributed by atoms with E-state index < -0.39 is 10.0 Å². The molecule has 0 aliphatic heterocycles. The molecule has 2 aliphatic rings. The lowest BCUT2D eigenvalue weighted by Crippen LogP contribution is -2.38. The number of nitrogens with one attached hydrogen (secondary N) is 2. The Bertz CT molecular complexity index is 1090. The summed E-state index contributed by atoms with van der Waals surface area (Å²) in [6.07, 6.45) is 5.97. The number of aliphatic hydroxyl groups is 1. The van der Waals surface area contributed by atoms with Crippen molar-refractivity contribution in [3.05, 3.63) is 28.9 Å². The average molecular weight is 498 g/mol. The van der Waals surface area contributed by atoms with Gasteiger partial charge in [-0.2, -0.15) is 0 Å². The summed E-state index contributed by atoms with van der Waals surface area (Å²) < 4.78 is 28.8. The van der Waals surface area contributed by atoms with Crippen LogP contribution in [0.15, 0.2) is 23.1 Å². The number of thiazole rings is 1. The molecule has 0 unspecified atom stereocenters. The Hall–Kier alpha value is -1.52. The monoisotopic (exact) mass is 497 g/mol. The molecule has 0 atom stereocenters. The molecule has 4 rings (SSSR count). The average Bonchev–Trinajstić information content (AvgIpc) is 3.40. The second-order valence-electron chi connectivity index (χ2n) is 8.68. The highest BCUT2D eigenvalue weighted by Gasteiger charge is 2.27. The predicted molar refractivity (Wildman–Crippen MR) is 126 cm³/mol. The molecule has 2 aliphatic carbocycles. The van der Waals surface area contributed by atoms with Crippen LogP contribution in [-0.4, -0.2) is 36.6 Å². The number of rotatable bonds is 6. The SMILES string of the molecule is Cc1nc(NC(=O)C2CCCC2)sc1-c1ccc(Cl)c(S(=O)(=O)N[C@H]2CC[C@H](O)CC2)c1. The zero-order valence-corrected chi connectivity index (χ0v) is 20.3. The van der Waals surface area contributed by atoms with Gasteiger partial charge >= 0.3 is 0 Å². The smallest absolute Gasteiger partial charge is 0.242 e. The first-order valence-corrected chi connectivity index (χ1v) is 13.7. The van der Waals surface area contributed by atoms with Crippen molar-refractivity contribution in [3.8, 4) is 10.4 Å². The van der Waals surface area contributed by atoms with Crippen LogP contribution < -0.4 is 10.0 Å². The molecule has 0 radical (unpaired) electrons. The minimum absolute atomic E-state index is 0.00368. The number of nitrogens with zero attached hydrogens (tertiary/aromatic N) is 1. The van der Waals surface area contributed by atoms with Gasteiger partial charge in [-0.15, -0.1) is 0 Å². The first-order chi connectivity index (χ1) is 15.2. The number of hydrogen-bond acceptors (Lipinski definition) is 6. The Morgan fingerprint density at radius 1 is 1.16 bits per heavy atom. The maximum Gasteiger partial charge on any atom is 0.242 e. The second-order valence-corrected chi connectivity index (χ2v) is 11.8. The number of anilines is 1. The standard InChI is InChI=1S/C22H28ClN3O4S2/c1-13-20(31-22(24-13)25-21(28)14-4-2-3-5-14)15-6-11-18(23)19(12-15)32(29,30)26-16-7-9-17(27)10-8-16/h6,11-12,14,16-17,26-27H,2-5,7-10H2,1H3,(H,24,25,28)/t16-,17-. The van der Waals surface area contributed by atoms with Crippen LogP contribution >= 0.6 is 22.9 Å². The number of halogens is 1. The highest BCUT2D eigenvalue weighted by molar-refractivity contribution is 7.89. The minimum Gasteiger partial charge on any atom is -0.393 e. The molecule has 2 saturated carbocycles. The summed E-state index contributed by atoms with van der Waals surface area (Å²) in [5.41, 5.74) is 1.40. The molecular formula is C22H28ClN3O4S2. The van der Waals surface area contributed by atoms with E-state index in [1.54, 1.807) is 18.2 Å². The fourth-order valence-corrected chi connectivity index (χ4v) is 7.24. The lowest BCUT2D eigenvalue weighted by molar-refractivity contribution is -0.119. The largest absolute Gasteiger partial charge is 0.393 e. The molecule has 2 aromatic rings. The van der Waals surface area contributed by atoms with E-state index in [0.29, 0.717) is 36.4 Å². The van der Waals surface area contributed by atoms with Crippen LogP contribution in [0.2, 0.25) is 5.02 Å². The maximum absolute atomic E-state index is 13.0. The van der Waals surface area contributed by atoms with Crippen LogP contribution in [0.5, 0.6) is 0 Å². The topological polar surface area (TPSA) is 108 Å². The molecular weight excluding hydrogens is 470 g/mol. The van der Waals surface area contributed by atoms with Crippen molar-refractivity contribution in [3.63, 3.8) is 0 Å². The van der Waals surface area contributed by atoms with E-state index >= 15 is 0 Å². The van der Waals surface area contributed by atoms with Crippen LogP contribution in [0, 0.1) is 12.8 Å². The molecule has 2 fully saturated rings. The van der Waals surface area contributed by atoms with Gasteiger partial charge in [-0.25, -0.2) is 18.1 Å². The quantitative estimate of drug-likeness (QED) is 0.545. The van der Waals surface area contributed by atoms with Gasteiger partial charge < -0.3 is 10.4 Å². The van der Waals surface area contributed by atoms with E-state index in [-0.39, 0.29) is 33.9 Å². The van der Waals surface area contributed by atoms with Crippen molar-refractivity contribution in [2.45, 2.75) is 75.3 Å². The molecule has 10 heteroatoms. The Morgan fingerprint density at radius 3 is 2.53 bits per heavy atom. The number of hydrogen-bond donors (Lipinski definition) is 3. The van der Waals surface area contributed by atoms with Gasteiger partial charge in [0.25, 0.3) is 0 Å². The van der Waals surface area contributed by atoms with E-state index in [2.05, 4.69) is 15.0 Å². The lowest BCUT2D eigenvalue weighted by atomic mass is 9.94. The molecule has 1 aromatic heterocycles. The number of carbonyl (C=O) groups is 1. The molecule has 3 N–H and O–H groups in total. The van der Waals surface area contributed by atoms with E-state index in [1.165, 1.54) is 11.3 Å². The van der Waals surface area contributed by atoms with Gasteiger partial charge in [0.2, 0.25) is 15.9 Å². The number of carbonyl (C=O) groups excluding carboxylic acids is 1. The van der Waals surface area contributed by atoms with Gasteiger partial charge in [0.05, 0.1) is 21.7 Å². The third kappa shape index (κ3) is 5.34. The van der Waals surface area contributed by atoms with E-state index in [1.807, 2.05) is 6.92 Å². The van der Waals surface area contributed by atoms with E-state index in [0.717, 1.165) is 36.3 Å². The Kier molecular flexibility index (Phi) is 7.21. The van der Waals surface area contributed by atoms with Crippen molar-refractivity contribution >= 4 is 44.0 Å². The molecule has 0 bridgehead atoms. The first-order valence-electron chi connectivity index (χ1n) is 11.0. The van der Waals surface area contributed by atoms with Gasteiger partial charge in [0, 0.05) is 12.0 Å². The fourth-order valence-electron chi connectivity index (χ4n) is 4.44. The summed E-state index contributed by atoms with van der Waals surface area (Å²) in [5.74, 6) is 0.0471. The summed E-state index contributed by atoms with van der Waals surface area (Å²) in [7, 11) is -3.82. The van der Waals surface area contributed by atoms with Gasteiger partial charge in [0.1, 0.15) is 4.90 Å². The van der Waals surface area contributed by atoms with Gasteiger partial charge in [-0.3, -0.25) is 4.79 Å². The zero-order valence-electron chi connectivity index (χ0n) is 17.9. The van der Waals surface area contributed by atoms with Gasteiger partial charge in [-0.1, -0.05) is 41.8 Å². The first kappa shape index (κ1) is 23.6. The number of sulfonamides is 1. The number of benzene rings is 1. The summed E-state index contributed by atoms with van der Waals surface area (Å²) in [6.45, 7) is 1.84. The number of amides is 1. The predicted octanol–water partition coefficient (Wildman–Crippen LogP) is 4.48. The highest BCUT2D eigenvalue weighted by Crippen LogP contribution is 2.36. The van der Waals surface area contributed by atoms with Crippen molar-refractivity contribution in [1.29, 1.82) is 0 Å². The summed E-state index contributed by atoms with van der Waals surface area (Å²) in [4.78, 5) is 17.7. The third-order valence-electron chi connectivity index (χ3n) is 6.25. The highest BCUT2D eigenvalue weighted by atomic mass is 35.5. The number of aromatic nitrogens is 1. The van der Waals surface area contributed by atoms with E-state index in [4.69, 9.17) is 11.6 Å². The number of aliphatic hydroxyl groups excluding tert-OH is 1. The third-order valence-corrected chi connectivity index (χ3v) is 9.38. The molecule has 1 aromatic carbocycles. The molecule has 7 nitrogen and oxygen atoms in total. The Balaban J connectivity index is 1.54. The van der Waals surface area contributed by atoms with Crippen LogP contribution in [0.1, 0.15) is 57.1 Å². The van der Waals surface area contributed by atoms with Crippen LogP contribution in [-0.2, 0) is 14.8 Å². The Labute approximate surface area is 197 Å². The maximum atomic E-state index is 13.0. The minimum atomic E-state index is -3.82. The summed E-state index contributed by atoms with van der Waals surface area (Å²) in [5, 5.41) is 13.3. The molecule has 32 heavy (non-hydrogen) atoms. The lowest BCUT2D eigenvalue weighted by Gasteiger charge is -2.26. The summed E-state index contributed by atoms with van der Waals surface area (Å²) in [6, 6.07) is 4.68. The second kappa shape index (κ2) is 9.77. The number of aryl methyl sites for hydroxylation is 1. The molecule has 0 saturated heterocycles. The van der Waals surface area contributed by atoms with Gasteiger partial charge in [-0.05, 0) is 63.1 Å². The fraction of sp³-hybridized carbons (Fsp3) is 0.545. The van der Waals surface area contributed by atoms with Crippen LogP contribution in [0.25, 0.3) is 10.4 Å². The van der Waals surface area contributed by atoms with Crippen molar-refractivity contribution < 1.29 is 18.3 Å². The Morgan fingerprint density at radius 2 is 1.84 bits per heavy atom. The van der Waals surface area contributed by atoms with Crippen LogP contribution in [0.3, 0.4) is 0 Å². The van der Waals surface area contributed by atoms with Gasteiger partial charge in [0.15, 0.2) is 5.13 Å². The van der Waals surface area contributed by atoms with Crippen molar-refractivity contribution in [2.24, 2.45) is 5.92 Å². The molecule has 1 amide bonds. The summed E-state index contributed by atoms with van der Waals surface area (Å²) >= 11 is 7.60. The normalized spacial score (nSPS) is 22.2. The molecule has 174 valence electrons. The molecule has 0 spiro atoms.